The highest BCUT2D eigenvalue weighted by atomic mass is 14.9. The van der Waals surface area contributed by atoms with Crippen LogP contribution in [0.1, 0.15) is 5.56 Å². The van der Waals surface area contributed by atoms with Crippen molar-refractivity contribution in [2.24, 2.45) is 4.99 Å². The number of fused-ring (bicyclic) bond motifs is 1. The number of allylic oxidation sites excluding steroid dienone is 1. The summed E-state index contributed by atoms with van der Waals surface area (Å²) >= 11 is 0. The summed E-state index contributed by atoms with van der Waals surface area (Å²) < 4.78 is 0. The molecule has 18 heavy (non-hydrogen) atoms. The van der Waals surface area contributed by atoms with Crippen molar-refractivity contribution in [2.75, 3.05) is 0 Å². The maximum Gasteiger partial charge on any atom is 0.0720 e. The second-order valence-corrected chi connectivity index (χ2v) is 4.28. The molecule has 0 aromatic heterocycles. The van der Waals surface area contributed by atoms with Gasteiger partial charge in [-0.25, -0.2) is 0 Å². The summed E-state index contributed by atoms with van der Waals surface area (Å²) in [5.41, 5.74) is 2.32. The first-order chi connectivity index (χ1) is 8.92. The van der Waals surface area contributed by atoms with Crippen LogP contribution < -0.4 is 15.9 Å². The highest BCUT2D eigenvalue weighted by molar-refractivity contribution is 5.29. The standard InChI is InChI=1S/C16H14N2/c1-2-6-13(7-3-1)10-15-12-17-11-14-8-4-5-9-16(14)18-15/h1-9,11-12,17H,10H2. The van der Waals surface area contributed by atoms with Gasteiger partial charge in [0.2, 0.25) is 0 Å². The molecule has 3 rings (SSSR count). The third kappa shape index (κ3) is 2.33. The number of benzene rings is 2. The Morgan fingerprint density at radius 1 is 0.833 bits per heavy atom. The molecule has 0 atom stereocenters. The number of hydrogen-bond donors (Lipinski definition) is 1. The Bertz CT molecular complexity index is 685. The third-order valence-corrected chi connectivity index (χ3v) is 2.92. The molecule has 2 aromatic rings. The predicted molar refractivity (Wildman–Crippen MR) is 73.1 cm³/mol. The van der Waals surface area contributed by atoms with E-state index in [0.29, 0.717) is 0 Å². The molecule has 2 nitrogen and oxygen atoms in total. The molecule has 1 aliphatic rings. The van der Waals surface area contributed by atoms with Gasteiger partial charge in [-0.05, 0) is 11.6 Å². The number of rotatable bonds is 2. The molecule has 0 fully saturated rings. The quantitative estimate of drug-likeness (QED) is 0.841. The molecule has 0 saturated heterocycles. The fourth-order valence-electron chi connectivity index (χ4n) is 2.02. The van der Waals surface area contributed by atoms with Crippen LogP contribution in [0.15, 0.2) is 71.5 Å². The van der Waals surface area contributed by atoms with Crippen LogP contribution in [0.3, 0.4) is 0 Å². The van der Waals surface area contributed by atoms with E-state index in [0.717, 1.165) is 22.7 Å². The van der Waals surface area contributed by atoms with Gasteiger partial charge in [-0.1, -0.05) is 48.5 Å². The summed E-state index contributed by atoms with van der Waals surface area (Å²) in [6.07, 6.45) is 4.79. The molecule has 0 saturated carbocycles. The molecule has 2 heteroatoms. The molecule has 0 bridgehead atoms. The van der Waals surface area contributed by atoms with Crippen molar-refractivity contribution in [2.45, 2.75) is 6.42 Å². The summed E-state index contributed by atoms with van der Waals surface area (Å²) in [7, 11) is 0. The molecule has 0 radical (unpaired) electrons. The van der Waals surface area contributed by atoms with E-state index >= 15 is 0 Å². The van der Waals surface area contributed by atoms with Crippen molar-refractivity contribution in [3.8, 4) is 0 Å². The maximum absolute atomic E-state index is 4.70. The van der Waals surface area contributed by atoms with Gasteiger partial charge in [-0.3, -0.25) is 4.99 Å². The fourth-order valence-corrected chi connectivity index (χ4v) is 2.02. The van der Waals surface area contributed by atoms with E-state index in [-0.39, 0.29) is 0 Å². The Morgan fingerprint density at radius 3 is 2.50 bits per heavy atom. The molecule has 2 aromatic carbocycles. The molecule has 0 amide bonds. The number of hydrogen-bond acceptors (Lipinski definition) is 2. The van der Waals surface area contributed by atoms with Crippen molar-refractivity contribution >= 4 is 6.20 Å². The van der Waals surface area contributed by atoms with E-state index < -0.39 is 0 Å². The van der Waals surface area contributed by atoms with Crippen LogP contribution in [-0.4, -0.2) is 0 Å². The zero-order valence-corrected chi connectivity index (χ0v) is 10.0. The molecular weight excluding hydrogens is 220 g/mol. The van der Waals surface area contributed by atoms with E-state index in [9.17, 15) is 0 Å². The lowest BCUT2D eigenvalue weighted by atomic mass is 10.1. The normalized spacial score (nSPS) is 13.2. The lowest BCUT2D eigenvalue weighted by Crippen LogP contribution is -2.24. The van der Waals surface area contributed by atoms with Gasteiger partial charge < -0.3 is 5.32 Å². The Morgan fingerprint density at radius 2 is 1.61 bits per heavy atom. The summed E-state index contributed by atoms with van der Waals surface area (Å²) in [6.45, 7) is 0. The summed E-state index contributed by atoms with van der Waals surface area (Å²) in [5, 5.41) is 5.33. The van der Waals surface area contributed by atoms with E-state index in [4.69, 9.17) is 4.99 Å². The summed E-state index contributed by atoms with van der Waals surface area (Å²) in [6, 6.07) is 18.5. The Kier molecular flexibility index (Phi) is 2.92. The first-order valence-corrected chi connectivity index (χ1v) is 6.05. The van der Waals surface area contributed by atoms with Gasteiger partial charge in [0.05, 0.1) is 11.1 Å². The highest BCUT2D eigenvalue weighted by Gasteiger charge is 2.00. The largest absolute Gasteiger partial charge is 0.365 e. The van der Waals surface area contributed by atoms with Crippen LogP contribution in [0, 0.1) is 0 Å². The van der Waals surface area contributed by atoms with Gasteiger partial charge in [-0.2, -0.15) is 0 Å². The van der Waals surface area contributed by atoms with Gasteiger partial charge >= 0.3 is 0 Å². The minimum absolute atomic E-state index is 0.843. The van der Waals surface area contributed by atoms with Crippen LogP contribution in [-0.2, 0) is 6.42 Å². The molecular formula is C16H14N2. The Labute approximate surface area is 106 Å². The molecule has 0 aliphatic carbocycles. The lowest BCUT2D eigenvalue weighted by Gasteiger charge is -2.01. The van der Waals surface area contributed by atoms with E-state index in [1.807, 2.05) is 36.7 Å². The molecule has 1 heterocycles. The SMILES string of the molecule is C1=C(Cc2ccccc2)N=c2ccccc2=CN1. The van der Waals surface area contributed by atoms with Crippen LogP contribution in [0.4, 0.5) is 0 Å². The smallest absolute Gasteiger partial charge is 0.0720 e. The van der Waals surface area contributed by atoms with Gasteiger partial charge in [0.1, 0.15) is 0 Å². The highest BCUT2D eigenvalue weighted by Crippen LogP contribution is 2.08. The van der Waals surface area contributed by atoms with Gasteiger partial charge in [-0.15, -0.1) is 0 Å². The molecule has 1 aliphatic heterocycles. The first kappa shape index (κ1) is 10.8. The van der Waals surface area contributed by atoms with Crippen molar-refractivity contribution in [1.82, 2.24) is 5.32 Å². The summed E-state index contributed by atoms with van der Waals surface area (Å²) in [5.74, 6) is 0. The van der Waals surface area contributed by atoms with Crippen LogP contribution >= 0.6 is 0 Å². The molecule has 0 spiro atoms. The molecule has 0 unspecified atom stereocenters. The monoisotopic (exact) mass is 234 g/mol. The van der Waals surface area contributed by atoms with Crippen molar-refractivity contribution < 1.29 is 0 Å². The number of nitrogens with one attached hydrogen (secondary N) is 1. The second-order valence-electron chi connectivity index (χ2n) is 4.28. The zero-order chi connectivity index (χ0) is 12.2. The fraction of sp³-hybridized carbons (Fsp3) is 0.0625. The van der Waals surface area contributed by atoms with Gasteiger partial charge in [0.15, 0.2) is 0 Å². The Hall–Kier alpha value is -2.35. The third-order valence-electron chi connectivity index (χ3n) is 2.92. The minimum Gasteiger partial charge on any atom is -0.365 e. The number of para-hydroxylation sites is 1. The Balaban J connectivity index is 1.95. The maximum atomic E-state index is 4.70. The minimum atomic E-state index is 0.843. The van der Waals surface area contributed by atoms with E-state index in [2.05, 4.69) is 35.6 Å². The first-order valence-electron chi connectivity index (χ1n) is 6.05. The summed E-state index contributed by atoms with van der Waals surface area (Å²) in [4.78, 5) is 4.70. The average Bonchev–Trinajstić information content (AvgIpc) is 2.61. The van der Waals surface area contributed by atoms with Crippen molar-refractivity contribution in [3.63, 3.8) is 0 Å². The van der Waals surface area contributed by atoms with Crippen molar-refractivity contribution in [3.05, 3.63) is 82.6 Å². The van der Waals surface area contributed by atoms with Crippen molar-refractivity contribution in [1.29, 1.82) is 0 Å². The van der Waals surface area contributed by atoms with Gasteiger partial charge in [0, 0.05) is 24.0 Å². The predicted octanol–water partition coefficient (Wildman–Crippen LogP) is 1.73. The van der Waals surface area contributed by atoms with E-state index in [1.54, 1.807) is 0 Å². The zero-order valence-electron chi connectivity index (χ0n) is 10.0. The van der Waals surface area contributed by atoms with Crippen LogP contribution in [0.5, 0.6) is 0 Å². The van der Waals surface area contributed by atoms with Crippen LogP contribution in [0.2, 0.25) is 0 Å². The topological polar surface area (TPSA) is 24.4 Å². The second kappa shape index (κ2) is 4.88. The van der Waals surface area contributed by atoms with Gasteiger partial charge in [0.25, 0.3) is 0 Å². The lowest BCUT2D eigenvalue weighted by molar-refractivity contribution is 1.04. The molecule has 1 N–H and O–H groups in total. The van der Waals surface area contributed by atoms with Crippen LogP contribution in [0.25, 0.3) is 6.20 Å². The average molecular weight is 234 g/mol. The molecule has 88 valence electrons. The number of nitrogens with zero attached hydrogens (tertiary/aromatic N) is 1. The van der Waals surface area contributed by atoms with E-state index in [1.165, 1.54) is 5.56 Å².